The molecule has 0 aliphatic heterocycles. The number of sulfone groups is 1. The molecule has 1 aliphatic carbocycles. The predicted molar refractivity (Wildman–Crippen MR) is 126 cm³/mol. The number of aromatic amines is 1. The highest BCUT2D eigenvalue weighted by molar-refractivity contribution is 7.94. The molecule has 1 aliphatic rings. The topological polar surface area (TPSA) is 88.6 Å². The second kappa shape index (κ2) is 7.78. The summed E-state index contributed by atoms with van der Waals surface area (Å²) in [5, 5.41) is 7.32. The van der Waals surface area contributed by atoms with Gasteiger partial charge in [0.15, 0.2) is 9.84 Å². The van der Waals surface area contributed by atoms with Gasteiger partial charge in [-0.15, -0.1) is 11.3 Å². The maximum Gasteiger partial charge on any atom is 0.190 e. The van der Waals surface area contributed by atoms with Gasteiger partial charge in [-0.1, -0.05) is 6.07 Å². The molecule has 2 aromatic carbocycles. The summed E-state index contributed by atoms with van der Waals surface area (Å²) >= 11 is 1.20. The van der Waals surface area contributed by atoms with Crippen LogP contribution in [0.5, 0.6) is 0 Å². The third kappa shape index (κ3) is 3.50. The summed E-state index contributed by atoms with van der Waals surface area (Å²) in [5.41, 5.74) is 3.29. The summed E-state index contributed by atoms with van der Waals surface area (Å²) in [6.45, 7) is 0. The van der Waals surface area contributed by atoms with Crippen LogP contribution >= 0.6 is 11.3 Å². The number of rotatable bonds is 5. The van der Waals surface area contributed by atoms with Crippen LogP contribution in [-0.4, -0.2) is 33.8 Å². The van der Waals surface area contributed by atoms with Crippen LogP contribution in [0, 0.1) is 11.6 Å². The number of hydrogen-bond donors (Lipinski definition) is 1. The minimum atomic E-state index is -3.29. The lowest BCUT2D eigenvalue weighted by Crippen LogP contribution is -2.04. The molecule has 1 N–H and O–H groups in total. The zero-order valence-electron chi connectivity index (χ0n) is 17.5. The minimum Gasteiger partial charge on any atom is -0.277 e. The minimum absolute atomic E-state index is 0.201. The summed E-state index contributed by atoms with van der Waals surface area (Å²) in [5.74, 6) is -1.35. The average molecular weight is 495 g/mol. The van der Waals surface area contributed by atoms with Gasteiger partial charge in [-0.3, -0.25) is 5.10 Å². The van der Waals surface area contributed by atoms with E-state index >= 15 is 0 Å². The molecule has 0 radical (unpaired) electrons. The van der Waals surface area contributed by atoms with E-state index in [0.717, 1.165) is 21.9 Å². The van der Waals surface area contributed by atoms with Gasteiger partial charge in [0.2, 0.25) is 0 Å². The standard InChI is InChI=1S/C24H16F2N4O2S2/c25-14-2-5-16(19(26)10-14)23-18(11-29-30-23)13-1-6-20-17(9-13)24(28-12-27-20)21-7-8-22(33-21)34(31,32)15-3-4-15/h1-2,5-12,15H,3-4H2,(H,29,30). The smallest absolute Gasteiger partial charge is 0.190 e. The number of hydrogen-bond acceptors (Lipinski definition) is 6. The number of nitrogens with zero attached hydrogens (tertiary/aromatic N) is 3. The molecule has 0 amide bonds. The quantitative estimate of drug-likeness (QED) is 0.342. The van der Waals surface area contributed by atoms with Crippen molar-refractivity contribution < 1.29 is 17.2 Å². The van der Waals surface area contributed by atoms with Crippen LogP contribution in [0.25, 0.3) is 43.9 Å². The van der Waals surface area contributed by atoms with Crippen molar-refractivity contribution in [2.75, 3.05) is 0 Å². The number of fused-ring (bicyclic) bond motifs is 1. The summed E-state index contributed by atoms with van der Waals surface area (Å²) in [6.07, 6.45) is 4.44. The Morgan fingerprint density at radius 3 is 2.62 bits per heavy atom. The van der Waals surface area contributed by atoms with E-state index < -0.39 is 21.5 Å². The predicted octanol–water partition coefficient (Wildman–Crippen LogP) is 5.63. The van der Waals surface area contributed by atoms with Crippen molar-refractivity contribution >= 4 is 32.1 Å². The van der Waals surface area contributed by atoms with Crippen molar-refractivity contribution in [3.63, 3.8) is 0 Å². The van der Waals surface area contributed by atoms with E-state index in [4.69, 9.17) is 0 Å². The highest BCUT2D eigenvalue weighted by Crippen LogP contribution is 2.40. The van der Waals surface area contributed by atoms with Gasteiger partial charge in [-0.05, 0) is 54.8 Å². The molecule has 6 nitrogen and oxygen atoms in total. The molecule has 170 valence electrons. The highest BCUT2D eigenvalue weighted by atomic mass is 32.2. The zero-order chi connectivity index (χ0) is 23.4. The molecular formula is C24H16F2N4O2S2. The SMILES string of the molecule is O=S(=O)(c1ccc(-c2ncnc3ccc(-c4cn[nH]c4-c4ccc(F)cc4F)cc23)s1)C1CC1. The first-order valence-corrected chi connectivity index (χ1v) is 12.9. The Balaban J connectivity index is 1.47. The molecule has 1 saturated carbocycles. The molecule has 0 saturated heterocycles. The lowest BCUT2D eigenvalue weighted by atomic mass is 9.99. The van der Waals surface area contributed by atoms with E-state index in [1.807, 2.05) is 18.2 Å². The number of benzene rings is 2. The van der Waals surface area contributed by atoms with Crippen LogP contribution in [-0.2, 0) is 9.84 Å². The third-order valence-corrected chi connectivity index (χ3v) is 9.72. The first-order valence-electron chi connectivity index (χ1n) is 10.5. The lowest BCUT2D eigenvalue weighted by molar-refractivity contribution is 0.585. The van der Waals surface area contributed by atoms with Crippen LogP contribution in [0.15, 0.2) is 65.3 Å². The van der Waals surface area contributed by atoms with Gasteiger partial charge < -0.3 is 0 Å². The number of thiophene rings is 1. The average Bonchev–Trinajstić information content (AvgIpc) is 3.38. The van der Waals surface area contributed by atoms with E-state index in [-0.39, 0.29) is 10.8 Å². The van der Waals surface area contributed by atoms with Gasteiger partial charge in [-0.25, -0.2) is 27.2 Å². The maximum absolute atomic E-state index is 14.5. The van der Waals surface area contributed by atoms with Gasteiger partial charge in [0, 0.05) is 22.6 Å². The normalized spacial score (nSPS) is 14.1. The van der Waals surface area contributed by atoms with Crippen molar-refractivity contribution in [1.29, 1.82) is 0 Å². The molecule has 3 heterocycles. The summed E-state index contributed by atoms with van der Waals surface area (Å²) in [4.78, 5) is 9.50. The van der Waals surface area contributed by atoms with Crippen LogP contribution in [0.1, 0.15) is 12.8 Å². The van der Waals surface area contributed by atoms with E-state index in [0.29, 0.717) is 39.5 Å². The lowest BCUT2D eigenvalue weighted by Gasteiger charge is -2.08. The molecule has 5 aromatic rings. The Bertz CT molecular complexity index is 1670. The van der Waals surface area contributed by atoms with Crippen molar-refractivity contribution in [2.45, 2.75) is 22.3 Å². The van der Waals surface area contributed by atoms with Gasteiger partial charge in [0.1, 0.15) is 22.2 Å². The fourth-order valence-corrected chi connectivity index (χ4v) is 7.20. The maximum atomic E-state index is 14.5. The molecule has 0 spiro atoms. The first kappa shape index (κ1) is 21.1. The van der Waals surface area contributed by atoms with Gasteiger partial charge >= 0.3 is 0 Å². The van der Waals surface area contributed by atoms with Gasteiger partial charge in [0.05, 0.1) is 33.2 Å². The van der Waals surface area contributed by atoms with Gasteiger partial charge in [-0.2, -0.15) is 5.10 Å². The van der Waals surface area contributed by atoms with Crippen molar-refractivity contribution in [3.05, 3.63) is 72.7 Å². The number of halogens is 2. The van der Waals surface area contributed by atoms with Crippen molar-refractivity contribution in [3.8, 4) is 33.0 Å². The Labute approximate surface area is 197 Å². The molecule has 0 atom stereocenters. The Kier molecular flexibility index (Phi) is 4.82. The number of aromatic nitrogens is 4. The first-order chi connectivity index (χ1) is 16.4. The Hall–Kier alpha value is -3.50. The van der Waals surface area contributed by atoms with Crippen molar-refractivity contribution in [2.24, 2.45) is 0 Å². The largest absolute Gasteiger partial charge is 0.277 e. The fourth-order valence-electron chi connectivity index (χ4n) is 3.97. The van der Waals surface area contributed by atoms with Crippen LogP contribution in [0.2, 0.25) is 0 Å². The van der Waals surface area contributed by atoms with Crippen LogP contribution in [0.3, 0.4) is 0 Å². The number of H-pyrrole nitrogens is 1. The number of nitrogens with one attached hydrogen (secondary N) is 1. The zero-order valence-corrected chi connectivity index (χ0v) is 19.1. The summed E-state index contributed by atoms with van der Waals surface area (Å²) < 4.78 is 53.5. The molecule has 6 rings (SSSR count). The second-order valence-corrected chi connectivity index (χ2v) is 11.6. The molecule has 1 fully saturated rings. The van der Waals surface area contributed by atoms with E-state index in [1.54, 1.807) is 18.3 Å². The van der Waals surface area contributed by atoms with E-state index in [9.17, 15) is 17.2 Å². The second-order valence-electron chi connectivity index (χ2n) is 8.10. The molecule has 0 bridgehead atoms. The molecule has 3 aromatic heterocycles. The van der Waals surface area contributed by atoms with E-state index in [1.165, 1.54) is 29.8 Å². The molecule has 34 heavy (non-hydrogen) atoms. The molecule has 0 unspecified atom stereocenters. The van der Waals surface area contributed by atoms with E-state index in [2.05, 4.69) is 20.2 Å². The summed E-state index contributed by atoms with van der Waals surface area (Å²) in [6, 6.07) is 12.3. The fraction of sp³-hybridized carbons (Fsp3) is 0.125. The Morgan fingerprint density at radius 2 is 1.82 bits per heavy atom. The third-order valence-electron chi connectivity index (χ3n) is 5.84. The van der Waals surface area contributed by atoms with Crippen LogP contribution < -0.4 is 0 Å². The highest BCUT2D eigenvalue weighted by Gasteiger charge is 2.37. The van der Waals surface area contributed by atoms with Crippen LogP contribution in [0.4, 0.5) is 8.78 Å². The molecule has 10 heteroatoms. The van der Waals surface area contributed by atoms with Crippen molar-refractivity contribution in [1.82, 2.24) is 20.2 Å². The molecular weight excluding hydrogens is 478 g/mol. The van der Waals surface area contributed by atoms with Gasteiger partial charge in [0.25, 0.3) is 0 Å². The monoisotopic (exact) mass is 494 g/mol. The Morgan fingerprint density at radius 1 is 0.971 bits per heavy atom. The summed E-state index contributed by atoms with van der Waals surface area (Å²) in [7, 11) is -3.29.